The van der Waals surface area contributed by atoms with Crippen LogP contribution in [0.1, 0.15) is 5.56 Å². The van der Waals surface area contributed by atoms with E-state index in [1.807, 2.05) is 56.6 Å². The van der Waals surface area contributed by atoms with Crippen molar-refractivity contribution in [2.75, 3.05) is 19.4 Å². The van der Waals surface area contributed by atoms with Crippen molar-refractivity contribution in [3.8, 4) is 5.69 Å². The lowest BCUT2D eigenvalue weighted by molar-refractivity contribution is 0.402. The van der Waals surface area contributed by atoms with Crippen molar-refractivity contribution in [2.45, 2.75) is 6.54 Å². The summed E-state index contributed by atoms with van der Waals surface area (Å²) in [5.41, 5.74) is 3.23. The number of fused-ring (bicyclic) bond motifs is 1. The SMILES string of the molecule is CN(C)Cc1ccc(Nc2nc3ccc(Cl)cc3c(=O)n2-c2ccccc2)cc1. The first-order valence-electron chi connectivity index (χ1n) is 9.30. The average molecular weight is 405 g/mol. The minimum Gasteiger partial charge on any atom is -0.325 e. The normalized spacial score (nSPS) is 11.2. The Morgan fingerprint density at radius 3 is 2.41 bits per heavy atom. The molecule has 0 saturated heterocycles. The van der Waals surface area contributed by atoms with Crippen LogP contribution in [0.5, 0.6) is 0 Å². The molecule has 4 rings (SSSR count). The molecule has 1 heterocycles. The Morgan fingerprint density at radius 2 is 1.72 bits per heavy atom. The topological polar surface area (TPSA) is 50.2 Å². The molecule has 0 radical (unpaired) electrons. The maximum absolute atomic E-state index is 13.3. The van der Waals surface area contributed by atoms with Gasteiger partial charge in [-0.3, -0.25) is 4.79 Å². The molecular weight excluding hydrogens is 384 g/mol. The molecule has 3 aromatic carbocycles. The van der Waals surface area contributed by atoms with Crippen molar-refractivity contribution < 1.29 is 0 Å². The standard InChI is InChI=1S/C23H21ClN4O/c1-27(2)15-16-8-11-18(12-9-16)25-23-26-21-13-10-17(24)14-20(21)22(29)28(23)19-6-4-3-5-7-19/h3-14H,15H2,1-2H3,(H,25,26). The highest BCUT2D eigenvalue weighted by Gasteiger charge is 2.13. The molecule has 4 aromatic rings. The van der Waals surface area contributed by atoms with Gasteiger partial charge in [0.05, 0.1) is 16.6 Å². The Hall–Kier alpha value is -3.15. The summed E-state index contributed by atoms with van der Waals surface area (Å²) in [6.45, 7) is 0.865. The third-order valence-electron chi connectivity index (χ3n) is 4.55. The van der Waals surface area contributed by atoms with Crippen LogP contribution in [0.25, 0.3) is 16.6 Å². The first-order chi connectivity index (χ1) is 14.0. The fourth-order valence-electron chi connectivity index (χ4n) is 3.25. The number of rotatable bonds is 5. The zero-order chi connectivity index (χ0) is 20.4. The number of aromatic nitrogens is 2. The van der Waals surface area contributed by atoms with Crippen LogP contribution in [0.2, 0.25) is 5.02 Å². The summed E-state index contributed by atoms with van der Waals surface area (Å²) in [5, 5.41) is 4.29. The molecule has 0 aliphatic rings. The Bertz CT molecular complexity index is 1200. The van der Waals surface area contributed by atoms with Gasteiger partial charge < -0.3 is 10.2 Å². The van der Waals surface area contributed by atoms with E-state index in [0.717, 1.165) is 17.9 Å². The van der Waals surface area contributed by atoms with Crippen LogP contribution in [-0.4, -0.2) is 28.5 Å². The van der Waals surface area contributed by atoms with Crippen LogP contribution in [0.3, 0.4) is 0 Å². The van der Waals surface area contributed by atoms with Crippen molar-refractivity contribution in [2.24, 2.45) is 0 Å². The number of anilines is 2. The van der Waals surface area contributed by atoms with E-state index in [2.05, 4.69) is 22.3 Å². The number of benzene rings is 3. The van der Waals surface area contributed by atoms with Crippen molar-refractivity contribution in [1.29, 1.82) is 0 Å². The molecule has 0 spiro atoms. The van der Waals surface area contributed by atoms with Gasteiger partial charge in [-0.05, 0) is 62.1 Å². The molecule has 0 atom stereocenters. The summed E-state index contributed by atoms with van der Waals surface area (Å²) in [5.74, 6) is 0.455. The van der Waals surface area contributed by atoms with Crippen LogP contribution >= 0.6 is 11.6 Å². The second-order valence-electron chi connectivity index (χ2n) is 7.13. The monoisotopic (exact) mass is 404 g/mol. The minimum absolute atomic E-state index is 0.171. The summed E-state index contributed by atoms with van der Waals surface area (Å²) in [6, 6.07) is 22.7. The molecule has 0 amide bonds. The predicted octanol–water partition coefficient (Wildman–Crippen LogP) is 4.84. The maximum atomic E-state index is 13.3. The molecule has 0 aliphatic heterocycles. The van der Waals surface area contributed by atoms with Crippen LogP contribution in [0.4, 0.5) is 11.6 Å². The van der Waals surface area contributed by atoms with Gasteiger partial charge in [0.1, 0.15) is 0 Å². The van der Waals surface area contributed by atoms with Crippen LogP contribution in [0, 0.1) is 0 Å². The van der Waals surface area contributed by atoms with Crippen molar-refractivity contribution >= 4 is 34.1 Å². The molecule has 0 aliphatic carbocycles. The van der Waals surface area contributed by atoms with E-state index >= 15 is 0 Å². The van der Waals surface area contributed by atoms with Crippen molar-refractivity contribution in [3.63, 3.8) is 0 Å². The smallest absolute Gasteiger partial charge is 0.267 e. The molecule has 29 heavy (non-hydrogen) atoms. The highest BCUT2D eigenvalue weighted by Crippen LogP contribution is 2.22. The molecule has 1 aromatic heterocycles. The van der Waals surface area contributed by atoms with Crippen LogP contribution < -0.4 is 10.9 Å². The number of nitrogens with zero attached hydrogens (tertiary/aromatic N) is 3. The summed E-state index contributed by atoms with van der Waals surface area (Å²) in [7, 11) is 4.08. The number of nitrogens with one attached hydrogen (secondary N) is 1. The Morgan fingerprint density at radius 1 is 1.00 bits per heavy atom. The summed E-state index contributed by atoms with van der Waals surface area (Å²) in [6.07, 6.45) is 0. The lowest BCUT2D eigenvalue weighted by Gasteiger charge is -2.16. The second-order valence-corrected chi connectivity index (χ2v) is 7.57. The van der Waals surface area contributed by atoms with Gasteiger partial charge in [-0.2, -0.15) is 0 Å². The molecule has 6 heteroatoms. The van der Waals surface area contributed by atoms with Crippen molar-refractivity contribution in [1.82, 2.24) is 14.5 Å². The third kappa shape index (κ3) is 4.16. The second kappa shape index (κ2) is 8.07. The molecule has 1 N–H and O–H groups in total. The molecular formula is C23H21ClN4O. The highest BCUT2D eigenvalue weighted by atomic mass is 35.5. The minimum atomic E-state index is -0.171. The predicted molar refractivity (Wildman–Crippen MR) is 119 cm³/mol. The Kier molecular flexibility index (Phi) is 5.34. The largest absolute Gasteiger partial charge is 0.325 e. The summed E-state index contributed by atoms with van der Waals surface area (Å²) in [4.78, 5) is 20.1. The molecule has 0 unspecified atom stereocenters. The first kappa shape index (κ1) is 19.2. The van der Waals surface area contributed by atoms with Crippen LogP contribution in [0.15, 0.2) is 77.6 Å². The van der Waals surface area contributed by atoms with Gasteiger partial charge in [0.15, 0.2) is 0 Å². The third-order valence-corrected chi connectivity index (χ3v) is 4.79. The van der Waals surface area contributed by atoms with Crippen molar-refractivity contribution in [3.05, 3.63) is 93.7 Å². The lowest BCUT2D eigenvalue weighted by Crippen LogP contribution is -2.22. The number of hydrogen-bond donors (Lipinski definition) is 1. The molecule has 0 saturated carbocycles. The molecule has 0 fully saturated rings. The van der Waals surface area contributed by atoms with Gasteiger partial charge in [0.25, 0.3) is 5.56 Å². The Balaban J connectivity index is 1.82. The van der Waals surface area contributed by atoms with Gasteiger partial charge in [-0.25, -0.2) is 9.55 Å². The van der Waals surface area contributed by atoms with Gasteiger partial charge >= 0.3 is 0 Å². The van der Waals surface area contributed by atoms with E-state index in [4.69, 9.17) is 16.6 Å². The van der Waals surface area contributed by atoms with Gasteiger partial charge in [-0.1, -0.05) is 41.9 Å². The zero-order valence-electron chi connectivity index (χ0n) is 16.3. The van der Waals surface area contributed by atoms with E-state index in [-0.39, 0.29) is 5.56 Å². The summed E-state index contributed by atoms with van der Waals surface area (Å²) >= 11 is 6.11. The first-order valence-corrected chi connectivity index (χ1v) is 9.67. The fraction of sp³-hybridized carbons (Fsp3) is 0.130. The summed E-state index contributed by atoms with van der Waals surface area (Å²) < 4.78 is 1.58. The van der Waals surface area contributed by atoms with E-state index < -0.39 is 0 Å². The van der Waals surface area contributed by atoms with E-state index in [1.54, 1.807) is 22.8 Å². The molecule has 5 nitrogen and oxygen atoms in total. The molecule has 0 bridgehead atoms. The Labute approximate surface area is 174 Å². The maximum Gasteiger partial charge on any atom is 0.267 e. The zero-order valence-corrected chi connectivity index (χ0v) is 17.0. The van der Waals surface area contributed by atoms with E-state index in [0.29, 0.717) is 21.9 Å². The molecule has 146 valence electrons. The van der Waals surface area contributed by atoms with E-state index in [1.165, 1.54) is 5.56 Å². The highest BCUT2D eigenvalue weighted by molar-refractivity contribution is 6.31. The van der Waals surface area contributed by atoms with Gasteiger partial charge in [-0.15, -0.1) is 0 Å². The number of halogens is 1. The fourth-order valence-corrected chi connectivity index (χ4v) is 3.42. The number of hydrogen-bond acceptors (Lipinski definition) is 4. The van der Waals surface area contributed by atoms with Gasteiger partial charge in [0.2, 0.25) is 5.95 Å². The quantitative estimate of drug-likeness (QED) is 0.517. The van der Waals surface area contributed by atoms with Crippen LogP contribution in [-0.2, 0) is 6.54 Å². The number of para-hydroxylation sites is 1. The average Bonchev–Trinajstić information content (AvgIpc) is 2.71. The van der Waals surface area contributed by atoms with Gasteiger partial charge in [0, 0.05) is 17.3 Å². The van der Waals surface area contributed by atoms with E-state index in [9.17, 15) is 4.79 Å². The lowest BCUT2D eigenvalue weighted by atomic mass is 10.2.